The van der Waals surface area contributed by atoms with Crippen LogP contribution in [0.2, 0.25) is 10.0 Å². The molecule has 0 aliphatic rings. The van der Waals surface area contributed by atoms with Crippen molar-refractivity contribution in [2.45, 2.75) is 20.5 Å². The smallest absolute Gasteiger partial charge is 0.282 e. The number of ether oxygens (including phenoxy) is 1. The number of aromatic nitrogens is 3. The third-order valence-electron chi connectivity index (χ3n) is 7.74. The van der Waals surface area contributed by atoms with Gasteiger partial charge in [0.05, 0.1) is 17.1 Å². The second-order valence-corrected chi connectivity index (χ2v) is 12.5. The zero-order chi connectivity index (χ0) is 31.9. The minimum Gasteiger partial charge on any atom is -0.489 e. The van der Waals surface area contributed by atoms with E-state index in [-0.39, 0.29) is 5.56 Å². The topological polar surface area (TPSA) is 74.5 Å². The molecule has 0 saturated heterocycles. The highest BCUT2D eigenvalue weighted by molar-refractivity contribution is 9.10. The monoisotopic (exact) mass is 710 g/mol. The number of halogens is 3. The Bertz CT molecular complexity index is 2360. The summed E-state index contributed by atoms with van der Waals surface area (Å²) in [6.07, 6.45) is 1.69. The highest BCUT2D eigenvalue weighted by atomic mass is 79.9. The number of nitrogens with zero attached hydrogens (tertiary/aromatic N) is 4. The van der Waals surface area contributed by atoms with Gasteiger partial charge in [-0.15, -0.1) is 0 Å². The molecular formula is C36H25BrCl2N4O3. The average Bonchev–Trinajstić information content (AvgIpc) is 3.59. The standard InChI is InChI=1S/C36H25BrCl2N4O3/c1-21-15-25(22(2)42(21)28-10-12-29(13-11-28)45-20-23-7-9-27(38)18-31(23)39)19-40-43-35(41-32-6-4-3-5-30(32)36(43)44)34-17-24-16-26(37)8-14-33(24)46-34/h3-19H,20H2,1-2H3. The number of rotatable bonds is 7. The predicted molar refractivity (Wildman–Crippen MR) is 188 cm³/mol. The Morgan fingerprint density at radius 2 is 1.76 bits per heavy atom. The Morgan fingerprint density at radius 1 is 0.957 bits per heavy atom. The van der Waals surface area contributed by atoms with E-state index in [0.29, 0.717) is 50.5 Å². The normalized spacial score (nSPS) is 11.7. The average molecular weight is 712 g/mol. The first kappa shape index (κ1) is 30.0. The van der Waals surface area contributed by atoms with Crippen molar-refractivity contribution in [1.29, 1.82) is 0 Å². The Hall–Kier alpha value is -4.63. The molecule has 0 saturated carbocycles. The summed E-state index contributed by atoms with van der Waals surface area (Å²) in [5.74, 6) is 1.48. The number of furan rings is 1. The molecule has 7 aromatic rings. The summed E-state index contributed by atoms with van der Waals surface area (Å²) in [6, 6.07) is 30.0. The highest BCUT2D eigenvalue weighted by Crippen LogP contribution is 2.30. The molecule has 0 spiro atoms. The van der Waals surface area contributed by atoms with Crippen molar-refractivity contribution < 1.29 is 9.15 Å². The molecule has 0 fully saturated rings. The fourth-order valence-electron chi connectivity index (χ4n) is 5.44. The van der Waals surface area contributed by atoms with Gasteiger partial charge in [-0.2, -0.15) is 9.78 Å². The molecule has 0 aliphatic carbocycles. The van der Waals surface area contributed by atoms with Crippen molar-refractivity contribution in [1.82, 2.24) is 14.2 Å². The Morgan fingerprint density at radius 3 is 2.57 bits per heavy atom. The van der Waals surface area contributed by atoms with Gasteiger partial charge >= 0.3 is 0 Å². The molecule has 228 valence electrons. The van der Waals surface area contributed by atoms with Crippen LogP contribution in [0.4, 0.5) is 0 Å². The van der Waals surface area contributed by atoms with Gasteiger partial charge in [-0.3, -0.25) is 4.79 Å². The van der Waals surface area contributed by atoms with Gasteiger partial charge in [0.1, 0.15) is 17.9 Å². The highest BCUT2D eigenvalue weighted by Gasteiger charge is 2.17. The van der Waals surface area contributed by atoms with E-state index in [1.165, 1.54) is 4.68 Å². The molecule has 0 N–H and O–H groups in total. The first-order valence-corrected chi connectivity index (χ1v) is 15.9. The van der Waals surface area contributed by atoms with Gasteiger partial charge < -0.3 is 13.7 Å². The number of hydrogen-bond acceptors (Lipinski definition) is 5. The molecule has 7 rings (SSSR count). The Kier molecular flexibility index (Phi) is 8.02. The summed E-state index contributed by atoms with van der Waals surface area (Å²) < 4.78 is 16.5. The molecular weight excluding hydrogens is 687 g/mol. The molecule has 3 heterocycles. The second kappa shape index (κ2) is 12.3. The number of fused-ring (bicyclic) bond motifs is 2. The molecule has 0 radical (unpaired) electrons. The minimum atomic E-state index is -0.289. The van der Waals surface area contributed by atoms with Crippen LogP contribution in [0.5, 0.6) is 5.75 Å². The lowest BCUT2D eigenvalue weighted by Gasteiger charge is -2.12. The van der Waals surface area contributed by atoms with Gasteiger partial charge in [-0.25, -0.2) is 4.98 Å². The first-order chi connectivity index (χ1) is 22.2. The van der Waals surface area contributed by atoms with Crippen LogP contribution in [0, 0.1) is 13.8 Å². The van der Waals surface area contributed by atoms with Crippen LogP contribution < -0.4 is 10.3 Å². The van der Waals surface area contributed by atoms with E-state index in [1.54, 1.807) is 24.4 Å². The van der Waals surface area contributed by atoms with Crippen LogP contribution in [0.3, 0.4) is 0 Å². The number of aryl methyl sites for hydroxylation is 1. The van der Waals surface area contributed by atoms with Crippen LogP contribution in [0.1, 0.15) is 22.5 Å². The van der Waals surface area contributed by atoms with E-state index in [2.05, 4.69) is 25.6 Å². The lowest BCUT2D eigenvalue weighted by atomic mass is 10.2. The summed E-state index contributed by atoms with van der Waals surface area (Å²) in [5, 5.41) is 7.18. The largest absolute Gasteiger partial charge is 0.489 e. The van der Waals surface area contributed by atoms with Crippen molar-refractivity contribution in [2.75, 3.05) is 0 Å². The van der Waals surface area contributed by atoms with Gasteiger partial charge in [-0.05, 0) is 92.7 Å². The summed E-state index contributed by atoms with van der Waals surface area (Å²) in [6.45, 7) is 4.37. The van der Waals surface area contributed by atoms with Gasteiger partial charge in [0.15, 0.2) is 5.76 Å². The maximum Gasteiger partial charge on any atom is 0.282 e. The SMILES string of the molecule is Cc1cc(C=Nn2c(-c3cc4cc(Br)ccc4o3)nc3ccccc3c2=O)c(C)n1-c1ccc(OCc2ccc(Cl)cc2Cl)cc1. The predicted octanol–water partition coefficient (Wildman–Crippen LogP) is 9.75. The molecule has 7 nitrogen and oxygen atoms in total. The third kappa shape index (κ3) is 5.75. The van der Waals surface area contributed by atoms with Crippen molar-refractivity contribution >= 4 is 67.2 Å². The van der Waals surface area contributed by atoms with E-state index in [0.717, 1.165) is 38.1 Å². The number of para-hydroxylation sites is 1. The maximum absolute atomic E-state index is 13.7. The summed E-state index contributed by atoms with van der Waals surface area (Å²) in [4.78, 5) is 18.5. The summed E-state index contributed by atoms with van der Waals surface area (Å²) >= 11 is 15.8. The van der Waals surface area contributed by atoms with Crippen molar-refractivity contribution in [3.63, 3.8) is 0 Å². The molecule has 10 heteroatoms. The van der Waals surface area contributed by atoms with E-state index < -0.39 is 0 Å². The van der Waals surface area contributed by atoms with Gasteiger partial charge in [0, 0.05) is 48.1 Å². The minimum absolute atomic E-state index is 0.289. The van der Waals surface area contributed by atoms with E-state index in [4.69, 9.17) is 37.3 Å². The van der Waals surface area contributed by atoms with Gasteiger partial charge in [0.2, 0.25) is 5.82 Å². The molecule has 0 aliphatic heterocycles. The first-order valence-electron chi connectivity index (χ1n) is 14.4. The van der Waals surface area contributed by atoms with Crippen molar-refractivity contribution in [3.05, 3.63) is 144 Å². The van der Waals surface area contributed by atoms with Crippen molar-refractivity contribution in [2.24, 2.45) is 5.10 Å². The summed E-state index contributed by atoms with van der Waals surface area (Å²) in [7, 11) is 0. The lowest BCUT2D eigenvalue weighted by molar-refractivity contribution is 0.306. The molecule has 4 aromatic carbocycles. The fraction of sp³-hybridized carbons (Fsp3) is 0.0833. The second-order valence-electron chi connectivity index (χ2n) is 10.8. The van der Waals surface area contributed by atoms with Gasteiger partial charge in [0.25, 0.3) is 5.56 Å². The molecule has 46 heavy (non-hydrogen) atoms. The number of hydrogen-bond donors (Lipinski definition) is 0. The molecule has 0 unspecified atom stereocenters. The van der Waals surface area contributed by atoms with Crippen LogP contribution in [-0.4, -0.2) is 20.4 Å². The molecule has 3 aromatic heterocycles. The van der Waals surface area contributed by atoms with Crippen LogP contribution in [0.25, 0.3) is 39.1 Å². The van der Waals surface area contributed by atoms with Crippen molar-refractivity contribution in [3.8, 4) is 23.0 Å². The summed E-state index contributed by atoms with van der Waals surface area (Å²) in [5.41, 5.74) is 5.60. The number of benzene rings is 4. The third-order valence-corrected chi connectivity index (χ3v) is 8.82. The maximum atomic E-state index is 13.7. The van der Waals surface area contributed by atoms with Crippen LogP contribution >= 0.6 is 39.1 Å². The molecule has 0 bridgehead atoms. The molecule has 0 amide bonds. The zero-order valence-corrected chi connectivity index (χ0v) is 27.8. The molecule has 0 atom stereocenters. The zero-order valence-electron chi connectivity index (χ0n) is 24.7. The quantitative estimate of drug-likeness (QED) is 0.154. The Labute approximate surface area is 282 Å². The van der Waals surface area contributed by atoms with Gasteiger partial charge in [-0.1, -0.05) is 57.3 Å². The van der Waals surface area contributed by atoms with E-state index in [9.17, 15) is 4.79 Å². The van der Waals surface area contributed by atoms with Crippen LogP contribution in [-0.2, 0) is 6.61 Å². The van der Waals surface area contributed by atoms with Crippen LogP contribution in [0.15, 0.2) is 116 Å². The Balaban J connectivity index is 1.21. The fourth-order valence-corrected chi connectivity index (χ4v) is 6.28. The lowest BCUT2D eigenvalue weighted by Crippen LogP contribution is -2.20. The van der Waals surface area contributed by atoms with E-state index in [1.807, 2.05) is 92.7 Å². The van der Waals surface area contributed by atoms with E-state index >= 15 is 0 Å².